The predicted molar refractivity (Wildman–Crippen MR) is 92.6 cm³/mol. The van der Waals surface area contributed by atoms with E-state index in [2.05, 4.69) is 29.2 Å². The predicted octanol–water partition coefficient (Wildman–Crippen LogP) is 4.21. The molecule has 2 aromatic carbocycles. The van der Waals surface area contributed by atoms with Crippen LogP contribution in [0.3, 0.4) is 0 Å². The molecule has 1 aliphatic heterocycles. The second kappa shape index (κ2) is 5.95. The average molecular weight is 324 g/mol. The molecule has 0 bridgehead atoms. The molecule has 23 heavy (non-hydrogen) atoms. The van der Waals surface area contributed by atoms with Crippen molar-refractivity contribution in [1.29, 1.82) is 0 Å². The van der Waals surface area contributed by atoms with E-state index in [1.807, 2.05) is 30.3 Å². The van der Waals surface area contributed by atoms with Crippen LogP contribution in [0.25, 0.3) is 0 Å². The summed E-state index contributed by atoms with van der Waals surface area (Å²) in [5.74, 6) is 0.191. The Balaban J connectivity index is 1.47. The highest BCUT2D eigenvalue weighted by Crippen LogP contribution is 2.41. The van der Waals surface area contributed by atoms with Gasteiger partial charge < -0.3 is 0 Å². The summed E-state index contributed by atoms with van der Waals surface area (Å²) in [4.78, 5) is 15.1. The maximum absolute atomic E-state index is 12.8. The van der Waals surface area contributed by atoms with Crippen LogP contribution >= 0.6 is 11.6 Å². The normalized spacial score (nSPS) is 21.1. The number of likely N-dealkylation sites (tertiary alicyclic amines) is 1. The lowest BCUT2D eigenvalue weighted by molar-refractivity contribution is -0.116. The molecule has 4 rings (SSSR count). The maximum Gasteiger partial charge on any atom is 0.167 e. The van der Waals surface area contributed by atoms with Gasteiger partial charge in [0, 0.05) is 30.2 Å². The highest BCUT2D eigenvalue weighted by atomic mass is 35.5. The Morgan fingerprint density at radius 1 is 1.00 bits per heavy atom. The highest BCUT2D eigenvalue weighted by molar-refractivity contribution is 6.31. The quantitative estimate of drug-likeness (QED) is 0.843. The molecule has 2 aromatic rings. The number of hydrogen-bond acceptors (Lipinski definition) is 2. The number of hydrogen-bond donors (Lipinski definition) is 0. The topological polar surface area (TPSA) is 20.3 Å². The lowest BCUT2D eigenvalue weighted by atomic mass is 9.93. The van der Waals surface area contributed by atoms with Crippen LogP contribution in [0.2, 0.25) is 5.02 Å². The van der Waals surface area contributed by atoms with Crippen molar-refractivity contribution >= 4 is 17.4 Å². The number of rotatable bonds is 3. The summed E-state index contributed by atoms with van der Waals surface area (Å²) in [6.45, 7) is 2.57. The molecule has 3 heteroatoms. The van der Waals surface area contributed by atoms with Crippen LogP contribution in [0.1, 0.15) is 23.5 Å². The third-order valence-corrected chi connectivity index (χ3v) is 5.16. The smallest absolute Gasteiger partial charge is 0.167 e. The summed E-state index contributed by atoms with van der Waals surface area (Å²) >= 11 is 6.28. The third kappa shape index (κ3) is 2.73. The van der Waals surface area contributed by atoms with Crippen molar-refractivity contribution in [3.8, 4) is 0 Å². The highest BCUT2D eigenvalue weighted by Gasteiger charge is 2.39. The first-order valence-electron chi connectivity index (χ1n) is 7.98. The van der Waals surface area contributed by atoms with Gasteiger partial charge in [-0.15, -0.1) is 0 Å². The van der Waals surface area contributed by atoms with Crippen molar-refractivity contribution in [2.75, 3.05) is 13.1 Å². The summed E-state index contributed by atoms with van der Waals surface area (Å²) in [6, 6.07) is 18.1. The second-order valence-electron chi connectivity index (χ2n) is 6.36. The Morgan fingerprint density at radius 3 is 2.48 bits per heavy atom. The Morgan fingerprint density at radius 2 is 1.74 bits per heavy atom. The second-order valence-corrected chi connectivity index (χ2v) is 6.76. The fraction of sp³-hybridized carbons (Fsp3) is 0.250. The van der Waals surface area contributed by atoms with Crippen LogP contribution in [-0.4, -0.2) is 23.8 Å². The minimum absolute atomic E-state index is 0.0763. The zero-order valence-corrected chi connectivity index (χ0v) is 13.6. The molecule has 0 radical (unpaired) electrons. The van der Waals surface area contributed by atoms with Crippen molar-refractivity contribution in [2.45, 2.75) is 18.9 Å². The first-order valence-corrected chi connectivity index (χ1v) is 8.36. The standard InChI is InChI=1S/C20H18ClNO/c21-19-9-5-4-8-16(19)17-10-15-12-22(13-18(15)20(17)23)11-14-6-2-1-3-7-14/h1-9,17H,10-13H2. The number of halogens is 1. The molecule has 1 unspecified atom stereocenters. The van der Waals surface area contributed by atoms with Crippen molar-refractivity contribution in [1.82, 2.24) is 4.90 Å². The largest absolute Gasteiger partial charge is 0.294 e. The molecule has 2 aliphatic rings. The summed E-state index contributed by atoms with van der Waals surface area (Å²) in [5.41, 5.74) is 4.59. The van der Waals surface area contributed by atoms with E-state index in [-0.39, 0.29) is 11.7 Å². The number of nitrogens with zero attached hydrogens (tertiary/aromatic N) is 1. The molecule has 1 atom stereocenters. The molecular weight excluding hydrogens is 306 g/mol. The van der Waals surface area contributed by atoms with E-state index < -0.39 is 0 Å². The molecule has 0 saturated carbocycles. The number of carbonyl (C=O) groups is 1. The van der Waals surface area contributed by atoms with Gasteiger partial charge in [-0.05, 0) is 29.2 Å². The maximum atomic E-state index is 12.8. The van der Waals surface area contributed by atoms with Crippen LogP contribution in [0.5, 0.6) is 0 Å². The fourth-order valence-electron chi connectivity index (χ4n) is 3.71. The van der Waals surface area contributed by atoms with Gasteiger partial charge in [0.1, 0.15) is 0 Å². The van der Waals surface area contributed by atoms with Crippen LogP contribution in [0.4, 0.5) is 0 Å². The lowest BCUT2D eigenvalue weighted by Crippen LogP contribution is -2.25. The van der Waals surface area contributed by atoms with Crippen LogP contribution < -0.4 is 0 Å². The number of carbonyl (C=O) groups excluding carboxylic acids is 1. The lowest BCUT2D eigenvalue weighted by Gasteiger charge is -2.20. The molecule has 1 heterocycles. The van der Waals surface area contributed by atoms with Crippen LogP contribution in [0.15, 0.2) is 65.7 Å². The first kappa shape index (κ1) is 14.7. The van der Waals surface area contributed by atoms with Gasteiger partial charge in [0.25, 0.3) is 0 Å². The van der Waals surface area contributed by atoms with Crippen molar-refractivity contribution < 1.29 is 4.79 Å². The van der Waals surface area contributed by atoms with E-state index >= 15 is 0 Å². The summed E-state index contributed by atoms with van der Waals surface area (Å²) in [7, 11) is 0. The van der Waals surface area contributed by atoms with E-state index in [4.69, 9.17) is 11.6 Å². The molecule has 0 saturated heterocycles. The zero-order chi connectivity index (χ0) is 15.8. The Hall–Kier alpha value is -1.90. The summed E-state index contributed by atoms with van der Waals surface area (Å²) < 4.78 is 0. The van der Waals surface area contributed by atoms with Crippen LogP contribution in [-0.2, 0) is 11.3 Å². The van der Waals surface area contributed by atoms with Gasteiger partial charge >= 0.3 is 0 Å². The van der Waals surface area contributed by atoms with Gasteiger partial charge in [0.2, 0.25) is 0 Å². The fourth-order valence-corrected chi connectivity index (χ4v) is 3.98. The minimum Gasteiger partial charge on any atom is -0.294 e. The van der Waals surface area contributed by atoms with Gasteiger partial charge in [-0.2, -0.15) is 0 Å². The Kier molecular flexibility index (Phi) is 3.80. The van der Waals surface area contributed by atoms with E-state index in [1.165, 1.54) is 11.1 Å². The molecule has 0 spiro atoms. The van der Waals surface area contributed by atoms with Crippen molar-refractivity contribution in [3.63, 3.8) is 0 Å². The van der Waals surface area contributed by atoms with Crippen molar-refractivity contribution in [3.05, 3.63) is 81.9 Å². The molecule has 116 valence electrons. The van der Waals surface area contributed by atoms with Gasteiger partial charge in [0.05, 0.1) is 5.92 Å². The number of benzene rings is 2. The first-order chi connectivity index (χ1) is 11.2. The van der Waals surface area contributed by atoms with Gasteiger partial charge in [-0.1, -0.05) is 60.1 Å². The van der Waals surface area contributed by atoms with E-state index in [0.29, 0.717) is 5.02 Å². The molecule has 0 amide bonds. The van der Waals surface area contributed by atoms with Crippen molar-refractivity contribution in [2.24, 2.45) is 0 Å². The number of Topliss-reactive ketones (excluding diaryl/α,β-unsaturated/α-hetero) is 1. The van der Waals surface area contributed by atoms with Gasteiger partial charge in [-0.25, -0.2) is 0 Å². The number of ketones is 1. The molecular formula is C20H18ClNO. The zero-order valence-electron chi connectivity index (χ0n) is 12.8. The van der Waals surface area contributed by atoms with E-state index in [0.717, 1.165) is 37.2 Å². The molecule has 0 fully saturated rings. The molecule has 0 N–H and O–H groups in total. The van der Waals surface area contributed by atoms with E-state index in [9.17, 15) is 4.79 Å². The molecule has 2 nitrogen and oxygen atoms in total. The Labute approximate surface area is 141 Å². The third-order valence-electron chi connectivity index (χ3n) is 4.82. The van der Waals surface area contributed by atoms with Gasteiger partial charge in [-0.3, -0.25) is 9.69 Å². The van der Waals surface area contributed by atoms with E-state index in [1.54, 1.807) is 0 Å². The summed E-state index contributed by atoms with van der Waals surface area (Å²) in [5, 5.41) is 0.702. The Bertz CT molecular complexity index is 781. The SMILES string of the molecule is O=C1C2=C(CC1c1ccccc1Cl)CN(Cc1ccccc1)C2. The minimum atomic E-state index is -0.0763. The van der Waals surface area contributed by atoms with Gasteiger partial charge in [0.15, 0.2) is 5.78 Å². The van der Waals surface area contributed by atoms with Crippen LogP contribution in [0, 0.1) is 0 Å². The molecule has 0 aromatic heterocycles. The monoisotopic (exact) mass is 323 g/mol. The average Bonchev–Trinajstić information content (AvgIpc) is 3.08. The molecule has 1 aliphatic carbocycles. The summed E-state index contributed by atoms with van der Waals surface area (Å²) in [6.07, 6.45) is 0.823.